The average molecular weight is 301 g/mol. The lowest BCUT2D eigenvalue weighted by Crippen LogP contribution is -2.38. The summed E-state index contributed by atoms with van der Waals surface area (Å²) in [7, 11) is 0. The van der Waals surface area contributed by atoms with Gasteiger partial charge in [0.1, 0.15) is 0 Å². The molecule has 0 bridgehead atoms. The topological polar surface area (TPSA) is 40.5 Å². The molecular weight excluding hydrogens is 274 g/mol. The molecule has 1 N–H and O–H groups in total. The van der Waals surface area contributed by atoms with E-state index in [0.717, 1.165) is 31.5 Å². The Hall–Kier alpha value is -1.61. The van der Waals surface area contributed by atoms with Gasteiger partial charge >= 0.3 is 0 Å². The van der Waals surface area contributed by atoms with Crippen molar-refractivity contribution in [3.63, 3.8) is 0 Å². The van der Waals surface area contributed by atoms with E-state index in [1.165, 1.54) is 5.56 Å². The minimum atomic E-state index is 0.0660. The molecule has 3 heteroatoms. The second-order valence-electron chi connectivity index (χ2n) is 7.16. The number of nitrogens with zero attached hydrogens (tertiary/aromatic N) is 1. The Morgan fingerprint density at radius 1 is 1.23 bits per heavy atom. The molecule has 1 amide bonds. The number of amides is 1. The number of likely N-dealkylation sites (tertiary alicyclic amines) is 1. The minimum absolute atomic E-state index is 0.0660. The molecule has 1 aliphatic rings. The third kappa shape index (κ3) is 4.44. The zero-order chi connectivity index (χ0) is 16.2. The molecule has 0 aliphatic carbocycles. The normalized spacial score (nSPS) is 17.2. The van der Waals surface area contributed by atoms with Crippen molar-refractivity contribution in [2.75, 3.05) is 19.7 Å². The number of hydrogen-bond donors (Lipinski definition) is 1. The Balaban J connectivity index is 1.93. The number of aliphatic hydroxyl groups is 1. The summed E-state index contributed by atoms with van der Waals surface area (Å²) in [5.74, 6) is 0.425. The van der Waals surface area contributed by atoms with Crippen LogP contribution in [0.3, 0.4) is 0 Å². The fourth-order valence-electron chi connectivity index (χ4n) is 2.70. The van der Waals surface area contributed by atoms with E-state index in [9.17, 15) is 4.79 Å². The van der Waals surface area contributed by atoms with Gasteiger partial charge in [-0.2, -0.15) is 0 Å². The molecule has 0 aromatic heterocycles. The van der Waals surface area contributed by atoms with Crippen molar-refractivity contribution in [2.24, 2.45) is 5.92 Å². The summed E-state index contributed by atoms with van der Waals surface area (Å²) in [6.07, 6.45) is 5.34. The van der Waals surface area contributed by atoms with Crippen molar-refractivity contribution < 1.29 is 9.90 Å². The van der Waals surface area contributed by atoms with Crippen molar-refractivity contribution in [3.8, 4) is 0 Å². The highest BCUT2D eigenvalue weighted by Gasteiger charge is 2.20. The molecule has 1 aromatic rings. The summed E-state index contributed by atoms with van der Waals surface area (Å²) in [5, 5.41) is 9.13. The summed E-state index contributed by atoms with van der Waals surface area (Å²) in [4.78, 5) is 14.0. The first-order valence-electron chi connectivity index (χ1n) is 8.08. The quantitative estimate of drug-likeness (QED) is 0.871. The standard InChI is InChI=1S/C19H27NO2/c1-19(2,3)17-7-4-15(5-8-17)6-9-18(22)20-12-10-16(14-21)11-13-20/h4-9,16,21H,10-14H2,1-3H3/b9-6+. The van der Waals surface area contributed by atoms with E-state index >= 15 is 0 Å². The van der Waals surface area contributed by atoms with E-state index in [-0.39, 0.29) is 17.9 Å². The van der Waals surface area contributed by atoms with Crippen LogP contribution in [-0.4, -0.2) is 35.6 Å². The Labute approximate surface area is 133 Å². The second kappa shape index (κ2) is 7.10. The van der Waals surface area contributed by atoms with Crippen LogP contribution in [0.15, 0.2) is 30.3 Å². The van der Waals surface area contributed by atoms with Crippen molar-refractivity contribution in [3.05, 3.63) is 41.5 Å². The zero-order valence-electron chi connectivity index (χ0n) is 13.9. The van der Waals surface area contributed by atoms with Crippen LogP contribution in [0.4, 0.5) is 0 Å². The molecule has 0 atom stereocenters. The molecule has 1 aliphatic heterocycles. The lowest BCUT2D eigenvalue weighted by atomic mass is 9.87. The number of piperidine rings is 1. The number of carbonyl (C=O) groups excluding carboxylic acids is 1. The summed E-state index contributed by atoms with van der Waals surface area (Å²) >= 11 is 0. The lowest BCUT2D eigenvalue weighted by Gasteiger charge is -2.30. The molecule has 1 saturated heterocycles. The van der Waals surface area contributed by atoms with Gasteiger partial charge in [0.25, 0.3) is 0 Å². The third-order valence-corrected chi connectivity index (χ3v) is 4.38. The third-order valence-electron chi connectivity index (χ3n) is 4.38. The maximum atomic E-state index is 12.2. The summed E-state index contributed by atoms with van der Waals surface area (Å²) in [5.41, 5.74) is 2.49. The van der Waals surface area contributed by atoms with E-state index < -0.39 is 0 Å². The molecular formula is C19H27NO2. The first kappa shape index (κ1) is 16.8. The lowest BCUT2D eigenvalue weighted by molar-refractivity contribution is -0.127. The van der Waals surface area contributed by atoms with Crippen LogP contribution in [0.25, 0.3) is 6.08 Å². The predicted octanol–water partition coefficient (Wildman–Crippen LogP) is 3.23. The maximum Gasteiger partial charge on any atom is 0.246 e. The van der Waals surface area contributed by atoms with Gasteiger partial charge in [0.2, 0.25) is 5.91 Å². The van der Waals surface area contributed by atoms with E-state index in [1.54, 1.807) is 6.08 Å². The van der Waals surface area contributed by atoms with Gasteiger partial charge in [-0.1, -0.05) is 45.0 Å². The van der Waals surface area contributed by atoms with Gasteiger partial charge in [-0.05, 0) is 41.4 Å². The van der Waals surface area contributed by atoms with Crippen LogP contribution in [0.2, 0.25) is 0 Å². The van der Waals surface area contributed by atoms with Gasteiger partial charge in [-0.3, -0.25) is 4.79 Å². The van der Waals surface area contributed by atoms with Gasteiger partial charge in [-0.15, -0.1) is 0 Å². The number of rotatable bonds is 3. The van der Waals surface area contributed by atoms with Crippen LogP contribution in [-0.2, 0) is 10.2 Å². The van der Waals surface area contributed by atoms with Gasteiger partial charge in [0.05, 0.1) is 0 Å². The first-order chi connectivity index (χ1) is 10.4. The summed E-state index contributed by atoms with van der Waals surface area (Å²) in [6.45, 7) is 8.30. The molecule has 0 unspecified atom stereocenters. The van der Waals surface area contributed by atoms with Gasteiger partial charge in [0.15, 0.2) is 0 Å². The maximum absolute atomic E-state index is 12.2. The van der Waals surface area contributed by atoms with Gasteiger partial charge in [-0.25, -0.2) is 0 Å². The molecule has 3 nitrogen and oxygen atoms in total. The number of carbonyl (C=O) groups is 1. The Morgan fingerprint density at radius 3 is 2.32 bits per heavy atom. The van der Waals surface area contributed by atoms with Crippen molar-refractivity contribution >= 4 is 12.0 Å². The minimum Gasteiger partial charge on any atom is -0.396 e. The molecule has 1 fully saturated rings. The van der Waals surface area contributed by atoms with E-state index in [1.807, 2.05) is 11.0 Å². The predicted molar refractivity (Wildman–Crippen MR) is 90.6 cm³/mol. The summed E-state index contributed by atoms with van der Waals surface area (Å²) < 4.78 is 0. The van der Waals surface area contributed by atoms with Crippen molar-refractivity contribution in [1.29, 1.82) is 0 Å². The second-order valence-corrected chi connectivity index (χ2v) is 7.16. The largest absolute Gasteiger partial charge is 0.396 e. The Morgan fingerprint density at radius 2 is 1.82 bits per heavy atom. The van der Waals surface area contributed by atoms with Crippen LogP contribution < -0.4 is 0 Å². The molecule has 2 rings (SSSR count). The Kier molecular flexibility index (Phi) is 5.41. The van der Waals surface area contributed by atoms with Crippen LogP contribution >= 0.6 is 0 Å². The highest BCUT2D eigenvalue weighted by Crippen LogP contribution is 2.22. The zero-order valence-corrected chi connectivity index (χ0v) is 13.9. The smallest absolute Gasteiger partial charge is 0.246 e. The van der Waals surface area contributed by atoms with Gasteiger partial charge in [0, 0.05) is 25.8 Å². The Bertz CT molecular complexity index is 517. The fraction of sp³-hybridized carbons (Fsp3) is 0.526. The van der Waals surface area contributed by atoms with Crippen LogP contribution in [0, 0.1) is 5.92 Å². The molecule has 0 saturated carbocycles. The summed E-state index contributed by atoms with van der Waals surface area (Å²) in [6, 6.07) is 8.36. The SMILES string of the molecule is CC(C)(C)c1ccc(/C=C/C(=O)N2CCC(CO)CC2)cc1. The van der Waals surface area contributed by atoms with E-state index in [2.05, 4.69) is 45.0 Å². The van der Waals surface area contributed by atoms with E-state index in [4.69, 9.17) is 5.11 Å². The number of aliphatic hydroxyl groups excluding tert-OH is 1. The molecule has 22 heavy (non-hydrogen) atoms. The van der Waals surface area contributed by atoms with Crippen LogP contribution in [0.1, 0.15) is 44.7 Å². The molecule has 1 aromatic carbocycles. The molecule has 1 heterocycles. The van der Waals surface area contributed by atoms with Crippen molar-refractivity contribution in [1.82, 2.24) is 4.90 Å². The average Bonchev–Trinajstić information content (AvgIpc) is 2.52. The number of benzene rings is 1. The molecule has 120 valence electrons. The fourth-order valence-corrected chi connectivity index (χ4v) is 2.70. The highest BCUT2D eigenvalue weighted by molar-refractivity contribution is 5.91. The first-order valence-corrected chi connectivity index (χ1v) is 8.08. The number of hydrogen-bond acceptors (Lipinski definition) is 2. The van der Waals surface area contributed by atoms with Gasteiger partial charge < -0.3 is 10.0 Å². The monoisotopic (exact) mass is 301 g/mol. The highest BCUT2D eigenvalue weighted by atomic mass is 16.3. The molecule has 0 radical (unpaired) electrons. The van der Waals surface area contributed by atoms with Crippen molar-refractivity contribution in [2.45, 2.75) is 39.0 Å². The van der Waals surface area contributed by atoms with Crippen LogP contribution in [0.5, 0.6) is 0 Å². The molecule has 0 spiro atoms. The van der Waals surface area contributed by atoms with E-state index in [0.29, 0.717) is 5.92 Å².